The number of nitrogens with one attached hydrogen (secondary N) is 1. The highest BCUT2D eigenvalue weighted by molar-refractivity contribution is 4.87. The average molecular weight is 185 g/mol. The van der Waals surface area contributed by atoms with Gasteiger partial charge in [-0.05, 0) is 37.3 Å². The Balaban J connectivity index is 2.43. The summed E-state index contributed by atoms with van der Waals surface area (Å²) >= 11 is 0. The van der Waals surface area contributed by atoms with Crippen molar-refractivity contribution in [3.05, 3.63) is 0 Å². The summed E-state index contributed by atoms with van der Waals surface area (Å²) in [7, 11) is 0. The molecule has 0 aromatic rings. The van der Waals surface area contributed by atoms with Crippen LogP contribution in [-0.2, 0) is 4.74 Å². The summed E-state index contributed by atoms with van der Waals surface area (Å²) in [4.78, 5) is 0. The van der Waals surface area contributed by atoms with E-state index in [0.717, 1.165) is 19.1 Å². The van der Waals surface area contributed by atoms with Gasteiger partial charge >= 0.3 is 0 Å². The molecule has 0 radical (unpaired) electrons. The first-order chi connectivity index (χ1) is 6.05. The van der Waals surface area contributed by atoms with Crippen LogP contribution in [0.1, 0.15) is 27.7 Å². The predicted octanol–water partition coefficient (Wildman–Crippen LogP) is 1.90. The van der Waals surface area contributed by atoms with Gasteiger partial charge in [-0.2, -0.15) is 0 Å². The number of ether oxygens (including phenoxy) is 1. The minimum Gasteiger partial charge on any atom is -0.381 e. The van der Waals surface area contributed by atoms with Gasteiger partial charge in [0.05, 0.1) is 6.61 Å². The van der Waals surface area contributed by atoms with Gasteiger partial charge < -0.3 is 10.1 Å². The zero-order chi connectivity index (χ0) is 9.90. The van der Waals surface area contributed by atoms with Crippen molar-refractivity contribution in [1.82, 2.24) is 5.32 Å². The summed E-state index contributed by atoms with van der Waals surface area (Å²) < 4.78 is 5.55. The average Bonchev–Trinajstić information content (AvgIpc) is 1.91. The van der Waals surface area contributed by atoms with E-state index in [9.17, 15) is 0 Å². The summed E-state index contributed by atoms with van der Waals surface area (Å²) in [6, 6.07) is 0. The Hall–Kier alpha value is -0.0800. The monoisotopic (exact) mass is 185 g/mol. The van der Waals surface area contributed by atoms with Gasteiger partial charge in [0.2, 0.25) is 0 Å². The van der Waals surface area contributed by atoms with Crippen molar-refractivity contribution in [2.75, 3.05) is 26.3 Å². The van der Waals surface area contributed by atoms with Gasteiger partial charge in [-0.15, -0.1) is 0 Å². The number of rotatable bonds is 4. The lowest BCUT2D eigenvalue weighted by Crippen LogP contribution is -2.50. The quantitative estimate of drug-likeness (QED) is 0.722. The zero-order valence-corrected chi connectivity index (χ0v) is 9.39. The Morgan fingerprint density at radius 1 is 1.38 bits per heavy atom. The molecule has 13 heavy (non-hydrogen) atoms. The first kappa shape index (κ1) is 11.0. The first-order valence-electron chi connectivity index (χ1n) is 5.34. The van der Waals surface area contributed by atoms with Crippen LogP contribution in [-0.4, -0.2) is 26.3 Å². The summed E-state index contributed by atoms with van der Waals surface area (Å²) in [5, 5.41) is 3.33. The van der Waals surface area contributed by atoms with E-state index in [1.807, 2.05) is 0 Å². The van der Waals surface area contributed by atoms with Gasteiger partial charge in [-0.1, -0.05) is 20.8 Å². The molecule has 2 nitrogen and oxygen atoms in total. The predicted molar refractivity (Wildman–Crippen MR) is 55.8 cm³/mol. The molecule has 0 saturated carbocycles. The fourth-order valence-corrected chi connectivity index (χ4v) is 1.93. The molecule has 1 fully saturated rings. The van der Waals surface area contributed by atoms with Crippen molar-refractivity contribution in [1.29, 1.82) is 0 Å². The third-order valence-corrected chi connectivity index (χ3v) is 3.00. The molecule has 0 amide bonds. The third-order valence-electron chi connectivity index (χ3n) is 3.00. The van der Waals surface area contributed by atoms with Gasteiger partial charge in [0, 0.05) is 6.61 Å². The SMILES string of the molecule is CCOCC(C1CNC1)C(C)(C)C. The molecule has 1 aliphatic rings. The van der Waals surface area contributed by atoms with Crippen molar-refractivity contribution in [2.45, 2.75) is 27.7 Å². The van der Waals surface area contributed by atoms with Crippen LogP contribution in [0, 0.1) is 17.3 Å². The highest BCUT2D eigenvalue weighted by Gasteiger charge is 2.35. The second-order valence-corrected chi connectivity index (χ2v) is 5.05. The topological polar surface area (TPSA) is 21.3 Å². The second-order valence-electron chi connectivity index (χ2n) is 5.05. The maximum atomic E-state index is 5.55. The Morgan fingerprint density at radius 2 is 2.00 bits per heavy atom. The summed E-state index contributed by atoms with van der Waals surface area (Å²) in [6.45, 7) is 13.1. The highest BCUT2D eigenvalue weighted by atomic mass is 16.5. The number of hydrogen-bond donors (Lipinski definition) is 1. The number of hydrogen-bond acceptors (Lipinski definition) is 2. The first-order valence-corrected chi connectivity index (χ1v) is 5.34. The standard InChI is InChI=1S/C11H23NO/c1-5-13-8-10(11(2,3)4)9-6-12-7-9/h9-10,12H,5-8H2,1-4H3. The van der Waals surface area contributed by atoms with Crippen LogP contribution in [0.25, 0.3) is 0 Å². The van der Waals surface area contributed by atoms with E-state index < -0.39 is 0 Å². The molecule has 0 aliphatic carbocycles. The van der Waals surface area contributed by atoms with Crippen LogP contribution in [0.5, 0.6) is 0 Å². The molecular formula is C11H23NO. The van der Waals surface area contributed by atoms with Crippen LogP contribution in [0.15, 0.2) is 0 Å². The lowest BCUT2D eigenvalue weighted by Gasteiger charge is -2.42. The lowest BCUT2D eigenvalue weighted by molar-refractivity contribution is 0.0136. The van der Waals surface area contributed by atoms with E-state index in [1.54, 1.807) is 0 Å². The summed E-state index contributed by atoms with van der Waals surface area (Å²) in [6.07, 6.45) is 0. The Kier molecular flexibility index (Phi) is 3.74. The van der Waals surface area contributed by atoms with Crippen molar-refractivity contribution in [3.8, 4) is 0 Å². The molecule has 0 spiro atoms. The van der Waals surface area contributed by atoms with E-state index in [0.29, 0.717) is 11.3 Å². The molecule has 1 N–H and O–H groups in total. The fraction of sp³-hybridized carbons (Fsp3) is 1.00. The van der Waals surface area contributed by atoms with Gasteiger partial charge in [0.15, 0.2) is 0 Å². The summed E-state index contributed by atoms with van der Waals surface area (Å²) in [5.74, 6) is 1.53. The Morgan fingerprint density at radius 3 is 2.31 bits per heavy atom. The fourth-order valence-electron chi connectivity index (χ4n) is 1.93. The molecule has 1 saturated heterocycles. The molecular weight excluding hydrogens is 162 g/mol. The Labute approximate surface area is 82.0 Å². The van der Waals surface area contributed by atoms with E-state index in [-0.39, 0.29) is 0 Å². The Bertz CT molecular complexity index is 147. The van der Waals surface area contributed by atoms with Crippen molar-refractivity contribution < 1.29 is 4.74 Å². The molecule has 78 valence electrons. The normalized spacial score (nSPS) is 21.2. The van der Waals surface area contributed by atoms with Crippen LogP contribution in [0.3, 0.4) is 0 Å². The lowest BCUT2D eigenvalue weighted by atomic mass is 9.71. The second kappa shape index (κ2) is 4.43. The maximum absolute atomic E-state index is 5.55. The van der Waals surface area contributed by atoms with Crippen molar-refractivity contribution in [2.24, 2.45) is 17.3 Å². The molecule has 1 rings (SSSR count). The third kappa shape index (κ3) is 2.96. The smallest absolute Gasteiger partial charge is 0.0502 e. The van der Waals surface area contributed by atoms with E-state index in [2.05, 4.69) is 33.0 Å². The maximum Gasteiger partial charge on any atom is 0.0502 e. The van der Waals surface area contributed by atoms with Gasteiger partial charge in [-0.3, -0.25) is 0 Å². The molecule has 2 heteroatoms. The zero-order valence-electron chi connectivity index (χ0n) is 9.39. The van der Waals surface area contributed by atoms with Crippen LogP contribution in [0.4, 0.5) is 0 Å². The molecule has 0 bridgehead atoms. The summed E-state index contributed by atoms with van der Waals surface area (Å²) in [5.41, 5.74) is 0.377. The molecule has 1 atom stereocenters. The molecule has 1 unspecified atom stereocenters. The van der Waals surface area contributed by atoms with Gasteiger partial charge in [-0.25, -0.2) is 0 Å². The van der Waals surface area contributed by atoms with E-state index in [1.165, 1.54) is 13.1 Å². The molecule has 0 aromatic heterocycles. The molecule has 0 aromatic carbocycles. The van der Waals surface area contributed by atoms with Gasteiger partial charge in [0.25, 0.3) is 0 Å². The van der Waals surface area contributed by atoms with Crippen molar-refractivity contribution >= 4 is 0 Å². The van der Waals surface area contributed by atoms with Crippen molar-refractivity contribution in [3.63, 3.8) is 0 Å². The van der Waals surface area contributed by atoms with Crippen LogP contribution in [0.2, 0.25) is 0 Å². The van der Waals surface area contributed by atoms with Gasteiger partial charge in [0.1, 0.15) is 0 Å². The highest BCUT2D eigenvalue weighted by Crippen LogP contribution is 2.34. The van der Waals surface area contributed by atoms with E-state index in [4.69, 9.17) is 4.74 Å². The van der Waals surface area contributed by atoms with Crippen LogP contribution < -0.4 is 5.32 Å². The van der Waals surface area contributed by atoms with E-state index >= 15 is 0 Å². The largest absolute Gasteiger partial charge is 0.381 e. The molecule has 1 aliphatic heterocycles. The minimum absolute atomic E-state index is 0.377. The van der Waals surface area contributed by atoms with Crippen LogP contribution >= 0.6 is 0 Å². The minimum atomic E-state index is 0.377. The molecule has 1 heterocycles.